The number of aliphatic carboxylic acids is 1. The molecule has 26 heavy (non-hydrogen) atoms. The van der Waals surface area contributed by atoms with Crippen LogP contribution in [0.15, 0.2) is 48.5 Å². The molecule has 2 N–H and O–H groups in total. The maximum absolute atomic E-state index is 12.7. The van der Waals surface area contributed by atoms with Gasteiger partial charge in [0.1, 0.15) is 6.04 Å². The van der Waals surface area contributed by atoms with E-state index in [9.17, 15) is 19.5 Å². The van der Waals surface area contributed by atoms with Crippen LogP contribution < -0.4 is 5.32 Å². The van der Waals surface area contributed by atoms with Crippen LogP contribution in [0.2, 0.25) is 0 Å². The molecule has 1 aliphatic rings. The predicted octanol–water partition coefficient (Wildman–Crippen LogP) is 2.94. The Morgan fingerprint density at radius 2 is 1.81 bits per heavy atom. The fraction of sp³-hybridized carbons (Fsp3) is 0.250. The van der Waals surface area contributed by atoms with Crippen LogP contribution in [-0.2, 0) is 4.79 Å². The number of hydrogen-bond acceptors (Lipinski definition) is 3. The van der Waals surface area contributed by atoms with E-state index in [-0.39, 0.29) is 11.8 Å². The highest BCUT2D eigenvalue weighted by atomic mass is 16.4. The van der Waals surface area contributed by atoms with Crippen LogP contribution in [0.1, 0.15) is 39.1 Å². The zero-order valence-electron chi connectivity index (χ0n) is 14.4. The minimum atomic E-state index is -0.986. The molecule has 0 spiro atoms. The van der Waals surface area contributed by atoms with E-state index in [1.54, 1.807) is 42.5 Å². The number of benzene rings is 2. The van der Waals surface area contributed by atoms with Crippen molar-refractivity contribution in [1.29, 1.82) is 0 Å². The molecule has 1 fully saturated rings. The molecule has 1 saturated heterocycles. The summed E-state index contributed by atoms with van der Waals surface area (Å²) in [5.41, 5.74) is 2.25. The summed E-state index contributed by atoms with van der Waals surface area (Å²) in [5, 5.41) is 12.1. The van der Waals surface area contributed by atoms with Crippen molar-refractivity contribution in [2.75, 3.05) is 11.9 Å². The van der Waals surface area contributed by atoms with E-state index < -0.39 is 12.0 Å². The van der Waals surface area contributed by atoms with Gasteiger partial charge in [-0.2, -0.15) is 0 Å². The van der Waals surface area contributed by atoms with Crippen molar-refractivity contribution in [2.45, 2.75) is 25.8 Å². The number of nitrogens with one attached hydrogen (secondary N) is 1. The van der Waals surface area contributed by atoms with Gasteiger partial charge in [-0.25, -0.2) is 4.79 Å². The summed E-state index contributed by atoms with van der Waals surface area (Å²) >= 11 is 0. The van der Waals surface area contributed by atoms with Gasteiger partial charge < -0.3 is 15.3 Å². The van der Waals surface area contributed by atoms with E-state index in [4.69, 9.17) is 0 Å². The van der Waals surface area contributed by atoms with Crippen molar-refractivity contribution in [3.63, 3.8) is 0 Å². The molecule has 134 valence electrons. The number of carboxylic acid groups (broad SMARTS) is 1. The lowest BCUT2D eigenvalue weighted by atomic mass is 10.1. The zero-order chi connectivity index (χ0) is 18.7. The van der Waals surface area contributed by atoms with Crippen molar-refractivity contribution in [3.8, 4) is 0 Å². The number of carbonyl (C=O) groups excluding carboxylic acids is 2. The summed E-state index contributed by atoms with van der Waals surface area (Å²) < 4.78 is 0. The third-order valence-corrected chi connectivity index (χ3v) is 4.57. The van der Waals surface area contributed by atoms with Gasteiger partial charge in [0.2, 0.25) is 0 Å². The lowest BCUT2D eigenvalue weighted by molar-refractivity contribution is -0.141. The van der Waals surface area contributed by atoms with E-state index in [2.05, 4.69) is 5.32 Å². The first-order valence-corrected chi connectivity index (χ1v) is 8.48. The van der Waals surface area contributed by atoms with Crippen LogP contribution in [0.5, 0.6) is 0 Å². The minimum absolute atomic E-state index is 0.261. The number of hydrogen-bond donors (Lipinski definition) is 2. The van der Waals surface area contributed by atoms with E-state index in [0.717, 1.165) is 5.56 Å². The Bertz CT molecular complexity index is 848. The molecule has 0 aliphatic carbocycles. The third-order valence-electron chi connectivity index (χ3n) is 4.57. The molecule has 0 unspecified atom stereocenters. The van der Waals surface area contributed by atoms with Crippen molar-refractivity contribution in [1.82, 2.24) is 4.90 Å². The highest BCUT2D eigenvalue weighted by molar-refractivity contribution is 6.05. The maximum atomic E-state index is 12.7. The first kappa shape index (κ1) is 17.7. The zero-order valence-corrected chi connectivity index (χ0v) is 14.4. The summed E-state index contributed by atoms with van der Waals surface area (Å²) in [5.74, 6) is -1.58. The molecule has 6 nitrogen and oxygen atoms in total. The highest BCUT2D eigenvalue weighted by Crippen LogP contribution is 2.23. The second kappa shape index (κ2) is 7.39. The fourth-order valence-electron chi connectivity index (χ4n) is 3.11. The van der Waals surface area contributed by atoms with Crippen molar-refractivity contribution in [2.24, 2.45) is 0 Å². The lowest BCUT2D eigenvalue weighted by Crippen LogP contribution is -2.40. The van der Waals surface area contributed by atoms with Gasteiger partial charge in [-0.15, -0.1) is 0 Å². The molecule has 3 rings (SSSR count). The van der Waals surface area contributed by atoms with Gasteiger partial charge in [-0.3, -0.25) is 9.59 Å². The second-order valence-electron chi connectivity index (χ2n) is 6.34. The number of carbonyl (C=O) groups is 3. The smallest absolute Gasteiger partial charge is 0.326 e. The third kappa shape index (κ3) is 3.59. The first-order valence-electron chi connectivity index (χ1n) is 8.48. The Morgan fingerprint density at radius 1 is 1.08 bits per heavy atom. The van der Waals surface area contributed by atoms with Crippen LogP contribution >= 0.6 is 0 Å². The minimum Gasteiger partial charge on any atom is -0.480 e. The van der Waals surface area contributed by atoms with E-state index in [1.807, 2.05) is 13.0 Å². The molecule has 2 amide bonds. The monoisotopic (exact) mass is 352 g/mol. The Hall–Kier alpha value is -3.15. The Balaban J connectivity index is 1.82. The number of aryl methyl sites for hydroxylation is 1. The summed E-state index contributed by atoms with van der Waals surface area (Å²) in [6.07, 6.45) is 1.14. The van der Waals surface area contributed by atoms with Crippen LogP contribution in [0.4, 0.5) is 5.69 Å². The topological polar surface area (TPSA) is 86.7 Å². The van der Waals surface area contributed by atoms with Crippen molar-refractivity contribution < 1.29 is 19.5 Å². The molecular formula is C20H20N2O4. The maximum Gasteiger partial charge on any atom is 0.326 e. The van der Waals surface area contributed by atoms with Gasteiger partial charge >= 0.3 is 5.97 Å². The molecule has 2 aromatic carbocycles. The fourth-order valence-corrected chi connectivity index (χ4v) is 3.11. The molecule has 1 heterocycles. The van der Waals surface area contributed by atoms with Gasteiger partial charge in [-0.05, 0) is 49.6 Å². The lowest BCUT2D eigenvalue weighted by Gasteiger charge is -2.22. The standard InChI is InChI=1S/C20H20N2O4/c1-13-9-10-15(19(24)22-11-5-8-17(22)20(25)26)12-16(13)21-18(23)14-6-3-2-4-7-14/h2-4,6-7,9-10,12,17H,5,8,11H2,1H3,(H,21,23)(H,25,26)/t17-/m1/s1. The average molecular weight is 352 g/mol. The normalized spacial score (nSPS) is 16.3. The molecule has 0 radical (unpaired) electrons. The van der Waals surface area contributed by atoms with Crippen LogP contribution in [0.3, 0.4) is 0 Å². The van der Waals surface area contributed by atoms with Crippen molar-refractivity contribution >= 4 is 23.5 Å². The summed E-state index contributed by atoms with van der Waals surface area (Å²) in [6, 6.07) is 13.0. The number of rotatable bonds is 4. The molecule has 0 bridgehead atoms. The van der Waals surface area contributed by atoms with E-state index in [0.29, 0.717) is 36.2 Å². The molecule has 0 saturated carbocycles. The van der Waals surface area contributed by atoms with Gasteiger partial charge in [-0.1, -0.05) is 24.3 Å². The molecule has 1 atom stereocenters. The predicted molar refractivity (Wildman–Crippen MR) is 97.3 cm³/mol. The van der Waals surface area contributed by atoms with E-state index in [1.165, 1.54) is 4.90 Å². The number of likely N-dealkylation sites (tertiary alicyclic amines) is 1. The van der Waals surface area contributed by atoms with Crippen LogP contribution in [-0.4, -0.2) is 40.4 Å². The highest BCUT2D eigenvalue weighted by Gasteiger charge is 2.34. The summed E-state index contributed by atoms with van der Waals surface area (Å²) in [4.78, 5) is 37.8. The van der Waals surface area contributed by atoms with Gasteiger partial charge in [0.05, 0.1) is 0 Å². The van der Waals surface area contributed by atoms with Crippen molar-refractivity contribution in [3.05, 3.63) is 65.2 Å². The summed E-state index contributed by atoms with van der Waals surface area (Å²) in [7, 11) is 0. The van der Waals surface area contributed by atoms with Gasteiger partial charge in [0.15, 0.2) is 0 Å². The quantitative estimate of drug-likeness (QED) is 0.886. The average Bonchev–Trinajstić information content (AvgIpc) is 3.13. The number of amides is 2. The van der Waals surface area contributed by atoms with Gasteiger partial charge in [0.25, 0.3) is 11.8 Å². The van der Waals surface area contributed by atoms with Gasteiger partial charge in [0, 0.05) is 23.4 Å². The Morgan fingerprint density at radius 3 is 2.50 bits per heavy atom. The van der Waals surface area contributed by atoms with Crippen LogP contribution in [0.25, 0.3) is 0 Å². The van der Waals surface area contributed by atoms with E-state index >= 15 is 0 Å². The summed E-state index contributed by atoms with van der Waals surface area (Å²) in [6.45, 7) is 2.26. The Kier molecular flexibility index (Phi) is 5.02. The number of carboxylic acids is 1. The second-order valence-corrected chi connectivity index (χ2v) is 6.34. The Labute approximate surface area is 151 Å². The first-order chi connectivity index (χ1) is 12.5. The molecule has 2 aromatic rings. The molecule has 0 aromatic heterocycles. The molecular weight excluding hydrogens is 332 g/mol. The number of nitrogens with zero attached hydrogens (tertiary/aromatic N) is 1. The molecule has 6 heteroatoms. The van der Waals surface area contributed by atoms with Crippen LogP contribution in [0, 0.1) is 6.92 Å². The molecule has 1 aliphatic heterocycles. The largest absolute Gasteiger partial charge is 0.480 e. The number of anilines is 1. The SMILES string of the molecule is Cc1ccc(C(=O)N2CCC[C@@H]2C(=O)O)cc1NC(=O)c1ccccc1.